The number of oxazole rings is 1. The van der Waals surface area contributed by atoms with Crippen LogP contribution in [0.4, 0.5) is 5.69 Å². The molecule has 0 unspecified atom stereocenters. The van der Waals surface area contributed by atoms with Crippen LogP contribution >= 0.6 is 23.2 Å². The van der Waals surface area contributed by atoms with Gasteiger partial charge >= 0.3 is 5.97 Å². The van der Waals surface area contributed by atoms with Crippen molar-refractivity contribution in [3.63, 3.8) is 0 Å². The second-order valence-electron chi connectivity index (χ2n) is 6.04. The van der Waals surface area contributed by atoms with Gasteiger partial charge in [-0.25, -0.2) is 4.98 Å². The number of fused-ring (bicyclic) bond motifs is 1. The summed E-state index contributed by atoms with van der Waals surface area (Å²) in [7, 11) is 0. The summed E-state index contributed by atoms with van der Waals surface area (Å²) in [5.74, 6) is -1.50. The molecule has 0 spiro atoms. The number of aromatic nitrogens is 1. The molecule has 0 aliphatic carbocycles. The molecule has 1 aliphatic heterocycles. The maximum absolute atomic E-state index is 12.1. The Hall–Kier alpha value is -2.57. The quantitative estimate of drug-likeness (QED) is 0.722. The van der Waals surface area contributed by atoms with Gasteiger partial charge in [0, 0.05) is 24.2 Å². The first-order valence-corrected chi connectivity index (χ1v) is 8.57. The van der Waals surface area contributed by atoms with Crippen molar-refractivity contribution in [2.75, 3.05) is 11.4 Å². The second kappa shape index (κ2) is 6.30. The number of nitrogens with zero attached hydrogens (tertiary/aromatic N) is 2. The number of rotatable bonds is 3. The van der Waals surface area contributed by atoms with Gasteiger partial charge in [-0.15, -0.1) is 0 Å². The zero-order valence-electron chi connectivity index (χ0n) is 13.3. The van der Waals surface area contributed by atoms with Crippen LogP contribution in [0.2, 0.25) is 10.0 Å². The van der Waals surface area contributed by atoms with Gasteiger partial charge in [0.25, 0.3) is 0 Å². The van der Waals surface area contributed by atoms with Crippen molar-refractivity contribution < 1.29 is 19.1 Å². The van der Waals surface area contributed by atoms with E-state index in [1.165, 1.54) is 4.90 Å². The third kappa shape index (κ3) is 2.91. The van der Waals surface area contributed by atoms with Crippen LogP contribution in [-0.2, 0) is 9.59 Å². The van der Waals surface area contributed by atoms with Crippen LogP contribution in [0.5, 0.6) is 0 Å². The topological polar surface area (TPSA) is 83.6 Å². The number of carboxylic acids is 1. The fraction of sp³-hybridized carbons (Fsp3) is 0.167. The van der Waals surface area contributed by atoms with E-state index in [1.807, 2.05) is 0 Å². The summed E-state index contributed by atoms with van der Waals surface area (Å²) in [6, 6.07) is 10.2. The molecule has 1 aliphatic rings. The zero-order chi connectivity index (χ0) is 18.4. The molecule has 1 N–H and O–H groups in total. The summed E-state index contributed by atoms with van der Waals surface area (Å²) in [6.07, 6.45) is 0.000704. The van der Waals surface area contributed by atoms with Gasteiger partial charge in [-0.1, -0.05) is 23.2 Å². The molecule has 1 amide bonds. The molecule has 1 saturated heterocycles. The third-order valence-electron chi connectivity index (χ3n) is 4.32. The lowest BCUT2D eigenvalue weighted by Gasteiger charge is -2.15. The first-order valence-electron chi connectivity index (χ1n) is 7.81. The summed E-state index contributed by atoms with van der Waals surface area (Å²) >= 11 is 12.0. The first-order chi connectivity index (χ1) is 12.4. The van der Waals surface area contributed by atoms with Gasteiger partial charge < -0.3 is 14.4 Å². The maximum Gasteiger partial charge on any atom is 0.308 e. The molecule has 0 radical (unpaired) electrons. The highest BCUT2D eigenvalue weighted by atomic mass is 35.5. The number of halogens is 2. The summed E-state index contributed by atoms with van der Waals surface area (Å²) in [4.78, 5) is 29.1. The van der Waals surface area contributed by atoms with Crippen molar-refractivity contribution in [3.05, 3.63) is 46.4 Å². The average molecular weight is 391 g/mol. The van der Waals surface area contributed by atoms with Crippen molar-refractivity contribution >= 4 is 51.9 Å². The van der Waals surface area contributed by atoms with Gasteiger partial charge in [0.05, 0.1) is 16.0 Å². The van der Waals surface area contributed by atoms with E-state index in [2.05, 4.69) is 4.98 Å². The summed E-state index contributed by atoms with van der Waals surface area (Å²) < 4.78 is 5.74. The molecule has 1 fully saturated rings. The molecule has 4 rings (SSSR count). The van der Waals surface area contributed by atoms with Crippen molar-refractivity contribution in [2.45, 2.75) is 6.42 Å². The average Bonchev–Trinajstić information content (AvgIpc) is 3.20. The fourth-order valence-corrected chi connectivity index (χ4v) is 3.26. The molecule has 2 aromatic carbocycles. The predicted molar refractivity (Wildman–Crippen MR) is 97.6 cm³/mol. The second-order valence-corrected chi connectivity index (χ2v) is 6.86. The largest absolute Gasteiger partial charge is 0.481 e. The molecule has 132 valence electrons. The SMILES string of the molecule is O=C(O)[C@H]1CC(=O)N(c2ccc3oc(-c4ccc(Cl)c(Cl)c4)nc3c2)C1. The molecule has 26 heavy (non-hydrogen) atoms. The summed E-state index contributed by atoms with van der Waals surface area (Å²) in [5, 5.41) is 9.95. The lowest BCUT2D eigenvalue weighted by atomic mass is 10.1. The predicted octanol–water partition coefficient (Wildman–Crippen LogP) is 4.24. The molecule has 8 heteroatoms. The Kier molecular flexibility index (Phi) is 4.09. The van der Waals surface area contributed by atoms with Crippen LogP contribution in [-0.4, -0.2) is 28.5 Å². The Bertz CT molecular complexity index is 1050. The number of carbonyl (C=O) groups excluding carboxylic acids is 1. The highest BCUT2D eigenvalue weighted by Gasteiger charge is 2.35. The molecule has 0 bridgehead atoms. The van der Waals surface area contributed by atoms with Crippen LogP contribution < -0.4 is 4.90 Å². The van der Waals surface area contributed by atoms with Crippen LogP contribution in [0.15, 0.2) is 40.8 Å². The smallest absolute Gasteiger partial charge is 0.308 e. The first kappa shape index (κ1) is 16.9. The molecule has 1 aromatic heterocycles. The highest BCUT2D eigenvalue weighted by Crippen LogP contribution is 2.32. The van der Waals surface area contributed by atoms with E-state index < -0.39 is 11.9 Å². The van der Waals surface area contributed by atoms with Crippen molar-refractivity contribution in [2.24, 2.45) is 5.92 Å². The van der Waals surface area contributed by atoms with Gasteiger partial charge in [-0.3, -0.25) is 9.59 Å². The van der Waals surface area contributed by atoms with E-state index in [9.17, 15) is 9.59 Å². The molecule has 3 aromatic rings. The number of carbonyl (C=O) groups is 2. The number of benzene rings is 2. The molecular formula is C18H12Cl2N2O4. The fourth-order valence-electron chi connectivity index (χ4n) is 2.96. The highest BCUT2D eigenvalue weighted by molar-refractivity contribution is 6.42. The normalized spacial score (nSPS) is 17.2. The van der Waals surface area contributed by atoms with E-state index in [-0.39, 0.29) is 18.9 Å². The Balaban J connectivity index is 1.69. The molecule has 0 saturated carbocycles. The number of aliphatic carboxylic acids is 1. The van der Waals surface area contributed by atoms with Gasteiger partial charge in [0.15, 0.2) is 5.58 Å². The Morgan fingerprint density at radius 2 is 2.00 bits per heavy atom. The van der Waals surface area contributed by atoms with E-state index in [1.54, 1.807) is 36.4 Å². The number of hydrogen-bond acceptors (Lipinski definition) is 4. The summed E-state index contributed by atoms with van der Waals surface area (Å²) in [5.41, 5.74) is 2.40. The lowest BCUT2D eigenvalue weighted by molar-refractivity contribution is -0.141. The van der Waals surface area contributed by atoms with Gasteiger partial charge in [0.2, 0.25) is 11.8 Å². The summed E-state index contributed by atoms with van der Waals surface area (Å²) in [6.45, 7) is 0.150. The number of amides is 1. The monoisotopic (exact) mass is 390 g/mol. The number of anilines is 1. The zero-order valence-corrected chi connectivity index (χ0v) is 14.8. The van der Waals surface area contributed by atoms with E-state index >= 15 is 0 Å². The number of carboxylic acid groups (broad SMARTS) is 1. The Labute approximate surface area is 157 Å². The van der Waals surface area contributed by atoms with Crippen LogP contribution in [0, 0.1) is 5.92 Å². The molecule has 6 nitrogen and oxygen atoms in total. The maximum atomic E-state index is 12.1. The van der Waals surface area contributed by atoms with Crippen LogP contribution in [0.1, 0.15) is 6.42 Å². The molecule has 2 heterocycles. The van der Waals surface area contributed by atoms with Crippen molar-refractivity contribution in [3.8, 4) is 11.5 Å². The minimum atomic E-state index is -0.967. The van der Waals surface area contributed by atoms with Gasteiger partial charge in [-0.05, 0) is 36.4 Å². The van der Waals surface area contributed by atoms with Crippen molar-refractivity contribution in [1.82, 2.24) is 4.98 Å². The van der Waals surface area contributed by atoms with Crippen molar-refractivity contribution in [1.29, 1.82) is 0 Å². The van der Waals surface area contributed by atoms with E-state index in [0.717, 1.165) is 0 Å². The minimum absolute atomic E-state index is 0.000704. The third-order valence-corrected chi connectivity index (χ3v) is 5.06. The van der Waals surface area contributed by atoms with Crippen LogP contribution in [0.3, 0.4) is 0 Å². The molecule has 1 atom stereocenters. The Morgan fingerprint density at radius 1 is 1.19 bits per heavy atom. The van der Waals surface area contributed by atoms with Gasteiger partial charge in [-0.2, -0.15) is 0 Å². The Morgan fingerprint density at radius 3 is 2.69 bits per heavy atom. The molecular weight excluding hydrogens is 379 g/mol. The van der Waals surface area contributed by atoms with Crippen LogP contribution in [0.25, 0.3) is 22.6 Å². The van der Waals surface area contributed by atoms with Gasteiger partial charge in [0.1, 0.15) is 5.52 Å². The lowest BCUT2D eigenvalue weighted by Crippen LogP contribution is -2.25. The van der Waals surface area contributed by atoms with E-state index in [4.69, 9.17) is 32.7 Å². The standard InChI is InChI=1S/C18H12Cl2N2O4/c19-12-3-1-9(5-13(12)20)17-21-14-7-11(2-4-15(14)26-17)22-8-10(18(24)25)6-16(22)23/h1-5,7,10H,6,8H2,(H,24,25)/t10-/m0/s1. The van der Waals surface area contributed by atoms with E-state index in [0.29, 0.717) is 38.3 Å². The minimum Gasteiger partial charge on any atom is -0.481 e. The number of hydrogen-bond donors (Lipinski definition) is 1.